The summed E-state index contributed by atoms with van der Waals surface area (Å²) in [4.78, 5) is 25.9. The maximum absolute atomic E-state index is 13.1. The van der Waals surface area contributed by atoms with Gasteiger partial charge in [-0.2, -0.15) is 0 Å². The Morgan fingerprint density at radius 2 is 1.10 bits per heavy atom. The fourth-order valence-corrected chi connectivity index (χ4v) is 16.8. The Hall–Kier alpha value is -1.82. The normalized spacial score (nSPS) is 51.4. The molecule has 23 heteroatoms. The molecule has 5 saturated heterocycles. The van der Waals surface area contributed by atoms with E-state index in [2.05, 4.69) is 6.92 Å². The zero-order valence-corrected chi connectivity index (χ0v) is 52.0. The van der Waals surface area contributed by atoms with Gasteiger partial charge >= 0.3 is 11.9 Å². The first-order valence-corrected chi connectivity index (χ1v) is 31.3. The van der Waals surface area contributed by atoms with Crippen molar-refractivity contribution in [2.75, 3.05) is 21.3 Å². The van der Waals surface area contributed by atoms with E-state index in [9.17, 15) is 40.2 Å². The molecule has 0 aromatic heterocycles. The molecule has 5 aliphatic heterocycles. The number of aliphatic hydroxyl groups is 6. The van der Waals surface area contributed by atoms with Gasteiger partial charge in [-0.05, 0) is 122 Å². The van der Waals surface area contributed by atoms with E-state index in [1.165, 1.54) is 14.0 Å². The number of esters is 2. The molecule has 5 heterocycles. The van der Waals surface area contributed by atoms with Crippen molar-refractivity contribution in [3.05, 3.63) is 0 Å². The predicted molar refractivity (Wildman–Crippen MR) is 295 cm³/mol. The third kappa shape index (κ3) is 12.5. The fraction of sp³-hybridized carbons (Fsp3) is 0.967. The topological polar surface area (TPSA) is 294 Å². The summed E-state index contributed by atoms with van der Waals surface area (Å²) in [5.41, 5.74) is -4.54. The van der Waals surface area contributed by atoms with Crippen molar-refractivity contribution in [2.24, 2.45) is 34.5 Å². The summed E-state index contributed by atoms with van der Waals surface area (Å²) in [6, 6.07) is 0. The Morgan fingerprint density at radius 3 is 1.62 bits per heavy atom. The maximum Gasteiger partial charge on any atom is 0.309 e. The van der Waals surface area contributed by atoms with Crippen LogP contribution in [0.1, 0.15) is 160 Å². The summed E-state index contributed by atoms with van der Waals surface area (Å²) < 4.78 is 92.7. The second kappa shape index (κ2) is 26.6. The molecule has 84 heavy (non-hydrogen) atoms. The van der Waals surface area contributed by atoms with E-state index in [1.54, 1.807) is 41.9 Å². The minimum atomic E-state index is -1.64. The van der Waals surface area contributed by atoms with E-state index >= 15 is 0 Å². The first-order valence-electron chi connectivity index (χ1n) is 31.3. The molecular weight excluding hydrogens is 1100 g/mol. The predicted octanol–water partition coefficient (Wildman–Crippen LogP) is 4.09. The maximum atomic E-state index is 13.1. The molecule has 484 valence electrons. The third-order valence-corrected chi connectivity index (χ3v) is 22.1. The molecule has 9 rings (SSSR count). The van der Waals surface area contributed by atoms with Crippen LogP contribution in [0.2, 0.25) is 0 Å². The number of carbonyl (C=O) groups is 2. The van der Waals surface area contributed by atoms with E-state index < -0.39 is 170 Å². The third-order valence-electron chi connectivity index (χ3n) is 22.1. The zero-order valence-electron chi connectivity index (χ0n) is 52.0. The van der Waals surface area contributed by atoms with Crippen LogP contribution < -0.4 is 0 Å². The van der Waals surface area contributed by atoms with Crippen molar-refractivity contribution in [1.82, 2.24) is 0 Å². The average molecular weight is 1200 g/mol. The summed E-state index contributed by atoms with van der Waals surface area (Å²) in [5, 5.41) is 70.3. The lowest BCUT2D eigenvalue weighted by Gasteiger charge is -2.66. The highest BCUT2D eigenvalue weighted by atomic mass is 16.8. The molecular formula is C61H102O23. The SMILES string of the molecule is CCC(C)C(=O)OC(C)C1(O)CCC2(O)C3CCC4CC(OC5CC(O)C(OC6CC(O)C(OC7CC(OC)C(OC8CC(OC)C(OC9OC(C)C(O)C(OC)C9O)C(C)O8)C(C)O7)C(C)O6)C(C)O5)CCC4(C)C3CC(OC(C)=O)C12C. The lowest BCUT2D eigenvalue weighted by Crippen LogP contribution is -2.72. The molecule has 32 unspecified atom stereocenters. The van der Waals surface area contributed by atoms with Gasteiger partial charge in [-0.25, -0.2) is 0 Å². The number of rotatable bonds is 18. The Balaban J connectivity index is 0.740. The van der Waals surface area contributed by atoms with E-state index in [-0.39, 0.29) is 73.7 Å². The zero-order chi connectivity index (χ0) is 61.1. The van der Waals surface area contributed by atoms with Gasteiger partial charge in [-0.3, -0.25) is 9.59 Å². The first kappa shape index (κ1) is 66.6. The number of aliphatic hydroxyl groups excluding tert-OH is 4. The molecule has 9 aliphatic rings. The van der Waals surface area contributed by atoms with Crippen LogP contribution in [0.25, 0.3) is 0 Å². The number of fused-ring (bicyclic) bond motifs is 5. The standard InChI is InChI=1S/C61H102O23/c1-15-28(2)56(67)78-34(8)60(68)20-21-61(69)38-17-16-36-22-37(18-19-58(36,10)39(38)23-44(59(60,61)11)79-35(9)62)80-45-24-40(63)51(30(4)73-45)81-46-25-41(64)52(31(5)74-46)82-47-26-42(70-12)53(32(6)75-47)83-48-27-43(71-13)54(33(7)76-48)84-57-50(66)55(72-14)49(65)29(3)77-57/h28-34,36-55,57,63-66,68-69H,15-27H2,1-14H3. The van der Waals surface area contributed by atoms with E-state index in [4.69, 9.17) is 71.1 Å². The number of hydrogen-bond donors (Lipinski definition) is 6. The highest BCUT2D eigenvalue weighted by Crippen LogP contribution is 2.71. The van der Waals surface area contributed by atoms with Gasteiger partial charge in [0.05, 0.1) is 78.0 Å². The summed E-state index contributed by atoms with van der Waals surface area (Å²) in [5.74, 6) is -1.21. The molecule has 0 radical (unpaired) electrons. The Bertz CT molecular complexity index is 2170. The van der Waals surface area contributed by atoms with Crippen LogP contribution in [0.15, 0.2) is 0 Å². The summed E-state index contributed by atoms with van der Waals surface area (Å²) in [6.07, 6.45) is -11.9. The van der Waals surface area contributed by atoms with Crippen LogP contribution in [0.3, 0.4) is 0 Å². The van der Waals surface area contributed by atoms with Crippen LogP contribution in [-0.2, 0) is 80.6 Å². The lowest BCUT2D eigenvalue weighted by molar-refractivity contribution is -0.357. The van der Waals surface area contributed by atoms with Crippen molar-refractivity contribution >= 4 is 11.9 Å². The molecule has 32 atom stereocenters. The van der Waals surface area contributed by atoms with Crippen molar-refractivity contribution in [3.8, 4) is 0 Å². The Labute approximate surface area is 495 Å². The van der Waals surface area contributed by atoms with Gasteiger partial charge in [0.2, 0.25) is 0 Å². The van der Waals surface area contributed by atoms with Crippen LogP contribution >= 0.6 is 0 Å². The number of methoxy groups -OCH3 is 3. The minimum absolute atomic E-state index is 0.0133. The highest BCUT2D eigenvalue weighted by molar-refractivity contribution is 5.72. The van der Waals surface area contributed by atoms with Crippen LogP contribution in [0.4, 0.5) is 0 Å². The minimum Gasteiger partial charge on any atom is -0.462 e. The molecule has 0 aromatic rings. The lowest BCUT2D eigenvalue weighted by atomic mass is 9.42. The van der Waals surface area contributed by atoms with Crippen molar-refractivity contribution < 1.29 is 111 Å². The van der Waals surface area contributed by atoms with E-state index in [1.807, 2.05) is 34.6 Å². The van der Waals surface area contributed by atoms with Crippen LogP contribution in [-0.4, -0.2) is 223 Å². The second-order valence-electron chi connectivity index (χ2n) is 26.8. The largest absolute Gasteiger partial charge is 0.462 e. The highest BCUT2D eigenvalue weighted by Gasteiger charge is 2.77. The summed E-state index contributed by atoms with van der Waals surface area (Å²) in [7, 11) is 4.55. The summed E-state index contributed by atoms with van der Waals surface area (Å²) >= 11 is 0. The van der Waals surface area contributed by atoms with Crippen molar-refractivity contribution in [3.63, 3.8) is 0 Å². The monoisotopic (exact) mass is 1200 g/mol. The van der Waals surface area contributed by atoms with Gasteiger partial charge in [-0.15, -0.1) is 0 Å². The molecule has 9 fully saturated rings. The van der Waals surface area contributed by atoms with Gasteiger partial charge in [0.1, 0.15) is 60.5 Å². The Morgan fingerprint density at radius 1 is 0.571 bits per heavy atom. The number of ether oxygens (including phenoxy) is 15. The van der Waals surface area contributed by atoms with Crippen LogP contribution in [0.5, 0.6) is 0 Å². The van der Waals surface area contributed by atoms with Gasteiger partial charge in [0, 0.05) is 53.9 Å². The molecule has 0 spiro atoms. The molecule has 4 aliphatic carbocycles. The van der Waals surface area contributed by atoms with Crippen molar-refractivity contribution in [2.45, 2.75) is 318 Å². The molecule has 0 bridgehead atoms. The van der Waals surface area contributed by atoms with Crippen molar-refractivity contribution in [1.29, 1.82) is 0 Å². The first-order chi connectivity index (χ1) is 39.6. The second-order valence-corrected chi connectivity index (χ2v) is 26.8. The van der Waals surface area contributed by atoms with Gasteiger partial charge in [0.15, 0.2) is 31.5 Å². The smallest absolute Gasteiger partial charge is 0.309 e. The summed E-state index contributed by atoms with van der Waals surface area (Å²) in [6.45, 7) is 19.8. The van der Waals surface area contributed by atoms with E-state index in [0.29, 0.717) is 19.3 Å². The average Bonchev–Trinajstić information content (AvgIpc) is 1.40. The van der Waals surface area contributed by atoms with E-state index in [0.717, 1.165) is 25.7 Å². The van der Waals surface area contributed by atoms with Crippen LogP contribution in [0, 0.1) is 34.5 Å². The fourth-order valence-electron chi connectivity index (χ4n) is 16.8. The Kier molecular flexibility index (Phi) is 21.1. The van der Waals surface area contributed by atoms with Gasteiger partial charge < -0.3 is 102 Å². The molecule has 4 saturated carbocycles. The molecule has 6 N–H and O–H groups in total. The molecule has 23 nitrogen and oxygen atoms in total. The number of carbonyl (C=O) groups excluding carboxylic acids is 2. The molecule has 0 amide bonds. The number of hydrogen-bond acceptors (Lipinski definition) is 23. The quantitative estimate of drug-likeness (QED) is 0.0832. The van der Waals surface area contributed by atoms with Gasteiger partial charge in [0.25, 0.3) is 0 Å². The molecule has 0 aromatic carbocycles. The van der Waals surface area contributed by atoms with Gasteiger partial charge in [-0.1, -0.05) is 27.7 Å².